The molecule has 0 heterocycles. The highest BCUT2D eigenvalue weighted by atomic mass is 32.2. The van der Waals surface area contributed by atoms with Crippen molar-refractivity contribution in [1.29, 1.82) is 0 Å². The number of hydrogen-bond acceptors (Lipinski definition) is 3. The van der Waals surface area contributed by atoms with E-state index >= 15 is 0 Å². The van der Waals surface area contributed by atoms with Crippen LogP contribution in [0, 0.1) is 13.8 Å². The summed E-state index contributed by atoms with van der Waals surface area (Å²) in [5, 5.41) is 0.0115. The van der Waals surface area contributed by atoms with E-state index in [1.165, 1.54) is 11.8 Å². The van der Waals surface area contributed by atoms with Crippen molar-refractivity contribution in [1.82, 2.24) is 0 Å². The minimum Gasteiger partial charge on any atom is -0.323 e. The van der Waals surface area contributed by atoms with Crippen LogP contribution in [0.25, 0.3) is 0 Å². The molecule has 1 aromatic rings. The van der Waals surface area contributed by atoms with Crippen molar-refractivity contribution in [3.05, 3.63) is 29.3 Å². The van der Waals surface area contributed by atoms with Crippen molar-refractivity contribution in [2.75, 3.05) is 6.54 Å². The SMILES string of the molecule is Cc1cccc(C)c1SC(=O)CN. The summed E-state index contributed by atoms with van der Waals surface area (Å²) in [5.41, 5.74) is 7.51. The van der Waals surface area contributed by atoms with Gasteiger partial charge in [0.1, 0.15) is 0 Å². The molecule has 0 fully saturated rings. The van der Waals surface area contributed by atoms with E-state index < -0.39 is 0 Å². The fourth-order valence-corrected chi connectivity index (χ4v) is 1.88. The second-order valence-electron chi connectivity index (χ2n) is 2.90. The Morgan fingerprint density at radius 3 is 2.38 bits per heavy atom. The van der Waals surface area contributed by atoms with E-state index in [1.54, 1.807) is 0 Å². The van der Waals surface area contributed by atoms with Crippen LogP contribution < -0.4 is 5.73 Å². The van der Waals surface area contributed by atoms with Crippen LogP contribution in [0.15, 0.2) is 23.1 Å². The molecule has 0 saturated heterocycles. The monoisotopic (exact) mass is 195 g/mol. The quantitative estimate of drug-likeness (QED) is 0.733. The lowest BCUT2D eigenvalue weighted by Crippen LogP contribution is -2.09. The van der Waals surface area contributed by atoms with Gasteiger partial charge < -0.3 is 5.73 Å². The van der Waals surface area contributed by atoms with Crippen LogP contribution in [0.1, 0.15) is 11.1 Å². The van der Waals surface area contributed by atoms with E-state index in [-0.39, 0.29) is 11.7 Å². The summed E-state index contributed by atoms with van der Waals surface area (Å²) in [6.45, 7) is 4.09. The fraction of sp³-hybridized carbons (Fsp3) is 0.300. The Balaban J connectivity index is 2.93. The molecule has 0 aliphatic rings. The number of nitrogens with two attached hydrogens (primary N) is 1. The maximum atomic E-state index is 11.1. The third-order valence-corrected chi connectivity index (χ3v) is 3.03. The zero-order valence-corrected chi connectivity index (χ0v) is 8.65. The number of benzene rings is 1. The van der Waals surface area contributed by atoms with E-state index in [2.05, 4.69) is 0 Å². The molecule has 0 saturated carbocycles. The van der Waals surface area contributed by atoms with Crippen molar-refractivity contribution >= 4 is 16.9 Å². The minimum absolute atomic E-state index is 0.0115. The number of rotatable bonds is 2. The molecular weight excluding hydrogens is 182 g/mol. The van der Waals surface area contributed by atoms with Gasteiger partial charge in [-0.15, -0.1) is 0 Å². The van der Waals surface area contributed by atoms with Gasteiger partial charge in [-0.1, -0.05) is 30.0 Å². The Morgan fingerprint density at radius 2 is 1.92 bits per heavy atom. The molecule has 0 unspecified atom stereocenters. The van der Waals surface area contributed by atoms with Gasteiger partial charge in [0.25, 0.3) is 0 Å². The first kappa shape index (κ1) is 10.3. The first-order chi connectivity index (χ1) is 6.15. The average molecular weight is 195 g/mol. The first-order valence-corrected chi connectivity index (χ1v) is 4.93. The molecule has 0 amide bonds. The molecule has 3 heteroatoms. The fourth-order valence-electron chi connectivity index (χ4n) is 1.12. The third kappa shape index (κ3) is 2.57. The molecule has 70 valence electrons. The zero-order valence-electron chi connectivity index (χ0n) is 7.83. The van der Waals surface area contributed by atoms with Gasteiger partial charge >= 0.3 is 0 Å². The van der Waals surface area contributed by atoms with Crippen LogP contribution in [0.3, 0.4) is 0 Å². The summed E-state index contributed by atoms with van der Waals surface area (Å²) in [5.74, 6) is 0. The number of carbonyl (C=O) groups is 1. The van der Waals surface area contributed by atoms with Crippen molar-refractivity contribution in [2.24, 2.45) is 5.73 Å². The highest BCUT2D eigenvalue weighted by Crippen LogP contribution is 2.26. The van der Waals surface area contributed by atoms with Gasteiger partial charge in [-0.2, -0.15) is 0 Å². The maximum absolute atomic E-state index is 11.1. The van der Waals surface area contributed by atoms with Crippen LogP contribution in [0.4, 0.5) is 0 Å². The third-order valence-electron chi connectivity index (χ3n) is 1.79. The molecule has 0 aliphatic carbocycles. The van der Waals surface area contributed by atoms with Gasteiger partial charge in [-0.05, 0) is 25.0 Å². The molecule has 0 radical (unpaired) electrons. The number of thioether (sulfide) groups is 1. The van der Waals surface area contributed by atoms with Gasteiger partial charge in [0.05, 0.1) is 6.54 Å². The summed E-state index contributed by atoms with van der Waals surface area (Å²) in [7, 11) is 0. The lowest BCUT2D eigenvalue weighted by atomic mass is 10.2. The highest BCUT2D eigenvalue weighted by Gasteiger charge is 2.07. The molecule has 0 aliphatic heterocycles. The molecule has 0 aromatic heterocycles. The van der Waals surface area contributed by atoms with Crippen molar-refractivity contribution in [3.8, 4) is 0 Å². The second-order valence-corrected chi connectivity index (χ2v) is 3.97. The Bertz CT molecular complexity index is 302. The van der Waals surface area contributed by atoms with Crippen LogP contribution in [-0.2, 0) is 4.79 Å². The number of hydrogen-bond donors (Lipinski definition) is 1. The van der Waals surface area contributed by atoms with Crippen LogP contribution in [-0.4, -0.2) is 11.7 Å². The van der Waals surface area contributed by atoms with Gasteiger partial charge in [0.2, 0.25) is 5.12 Å². The van der Waals surface area contributed by atoms with Crippen LogP contribution in [0.2, 0.25) is 0 Å². The smallest absolute Gasteiger partial charge is 0.207 e. The second kappa shape index (κ2) is 4.44. The van der Waals surface area contributed by atoms with E-state index in [1.807, 2.05) is 32.0 Å². The Labute approximate surface area is 82.5 Å². The molecule has 0 spiro atoms. The standard InChI is InChI=1S/C10H13NOS/c1-7-4-3-5-8(2)10(7)13-9(12)6-11/h3-5H,6,11H2,1-2H3. The summed E-state index contributed by atoms with van der Waals surface area (Å²) in [6, 6.07) is 5.99. The molecule has 0 atom stereocenters. The Morgan fingerprint density at radius 1 is 1.38 bits per heavy atom. The summed E-state index contributed by atoms with van der Waals surface area (Å²) in [4.78, 5) is 12.2. The number of aryl methyl sites for hydroxylation is 2. The average Bonchev–Trinajstić information content (AvgIpc) is 2.11. The van der Waals surface area contributed by atoms with E-state index in [0.29, 0.717) is 0 Å². The van der Waals surface area contributed by atoms with Gasteiger partial charge in [-0.3, -0.25) is 4.79 Å². The van der Waals surface area contributed by atoms with Crippen molar-refractivity contribution in [2.45, 2.75) is 18.7 Å². The van der Waals surface area contributed by atoms with E-state index in [0.717, 1.165) is 16.0 Å². The van der Waals surface area contributed by atoms with E-state index in [4.69, 9.17) is 5.73 Å². The number of carbonyl (C=O) groups excluding carboxylic acids is 1. The molecule has 2 nitrogen and oxygen atoms in total. The molecular formula is C10H13NOS. The topological polar surface area (TPSA) is 43.1 Å². The zero-order chi connectivity index (χ0) is 9.84. The van der Waals surface area contributed by atoms with Crippen molar-refractivity contribution < 1.29 is 4.79 Å². The summed E-state index contributed by atoms with van der Waals surface area (Å²) < 4.78 is 0. The normalized spacial score (nSPS) is 10.1. The lowest BCUT2D eigenvalue weighted by molar-refractivity contribution is -0.109. The first-order valence-electron chi connectivity index (χ1n) is 4.12. The maximum Gasteiger partial charge on any atom is 0.207 e. The predicted molar refractivity (Wildman–Crippen MR) is 55.8 cm³/mol. The summed E-state index contributed by atoms with van der Waals surface area (Å²) >= 11 is 1.23. The lowest BCUT2D eigenvalue weighted by Gasteiger charge is -2.06. The molecule has 1 aromatic carbocycles. The minimum atomic E-state index is 0.0115. The van der Waals surface area contributed by atoms with Gasteiger partial charge in [-0.25, -0.2) is 0 Å². The molecule has 2 N–H and O–H groups in total. The Hall–Kier alpha value is -0.800. The van der Waals surface area contributed by atoms with Gasteiger partial charge in [0, 0.05) is 4.90 Å². The summed E-state index contributed by atoms with van der Waals surface area (Å²) in [6.07, 6.45) is 0. The van der Waals surface area contributed by atoms with Crippen LogP contribution in [0.5, 0.6) is 0 Å². The molecule has 13 heavy (non-hydrogen) atoms. The largest absolute Gasteiger partial charge is 0.323 e. The van der Waals surface area contributed by atoms with Crippen LogP contribution >= 0.6 is 11.8 Å². The van der Waals surface area contributed by atoms with E-state index in [9.17, 15) is 4.79 Å². The van der Waals surface area contributed by atoms with Gasteiger partial charge in [0.15, 0.2) is 0 Å². The molecule has 1 rings (SSSR count). The predicted octanol–water partition coefficient (Wildman–Crippen LogP) is 1.88. The Kier molecular flexibility index (Phi) is 3.51. The molecule has 0 bridgehead atoms. The van der Waals surface area contributed by atoms with Crippen molar-refractivity contribution in [3.63, 3.8) is 0 Å². The highest BCUT2D eigenvalue weighted by molar-refractivity contribution is 8.13.